The molecule has 0 unspecified atom stereocenters. The van der Waals surface area contributed by atoms with Crippen LogP contribution in [0.1, 0.15) is 42.1 Å². The molecule has 2 aromatic rings. The van der Waals surface area contributed by atoms with Crippen LogP contribution in [0.15, 0.2) is 42.5 Å². The van der Waals surface area contributed by atoms with Crippen LogP contribution in [0.4, 0.5) is 5.69 Å². The number of benzene rings is 2. The molecule has 1 atom stereocenters. The Morgan fingerprint density at radius 2 is 1.96 bits per heavy atom. The first-order chi connectivity index (χ1) is 13.0. The summed E-state index contributed by atoms with van der Waals surface area (Å²) in [6.45, 7) is 2.68. The summed E-state index contributed by atoms with van der Waals surface area (Å²) in [5.41, 5.74) is -0.306. The zero-order valence-corrected chi connectivity index (χ0v) is 15.1. The minimum Gasteiger partial charge on any atom is -0.454 e. The van der Waals surface area contributed by atoms with Crippen molar-refractivity contribution in [1.29, 1.82) is 0 Å². The summed E-state index contributed by atoms with van der Waals surface area (Å²) in [4.78, 5) is 27.5. The van der Waals surface area contributed by atoms with Crippen LogP contribution in [0.25, 0.3) is 0 Å². The molecular weight excluding hydrogens is 346 g/mol. The molecule has 2 aliphatic heterocycles. The summed E-state index contributed by atoms with van der Waals surface area (Å²) in [6, 6.07) is 12.0. The van der Waals surface area contributed by atoms with Crippen LogP contribution in [0.3, 0.4) is 0 Å². The molecule has 0 fully saturated rings. The number of ether oxygens (including phenoxy) is 2. The summed E-state index contributed by atoms with van der Waals surface area (Å²) in [5.74, 6) is 0.316. The molecule has 0 saturated carbocycles. The lowest BCUT2D eigenvalue weighted by molar-refractivity contribution is -0.135. The third-order valence-corrected chi connectivity index (χ3v) is 5.09. The Labute approximate surface area is 157 Å². The van der Waals surface area contributed by atoms with Gasteiger partial charge in [0, 0.05) is 17.7 Å². The van der Waals surface area contributed by atoms with E-state index in [0.29, 0.717) is 34.9 Å². The largest absolute Gasteiger partial charge is 0.454 e. The maximum absolute atomic E-state index is 13.0. The SMILES string of the molecule is CCCCN1C(=O)[C@@](O)(CC(=O)c2ccc3c(c2)OCO3)c2ccccc21. The second kappa shape index (κ2) is 6.70. The van der Waals surface area contributed by atoms with E-state index in [1.165, 1.54) is 0 Å². The number of aliphatic hydroxyl groups is 1. The maximum atomic E-state index is 13.0. The maximum Gasteiger partial charge on any atom is 0.264 e. The van der Waals surface area contributed by atoms with E-state index in [0.717, 1.165) is 12.8 Å². The first-order valence-electron chi connectivity index (χ1n) is 9.11. The average Bonchev–Trinajstić information content (AvgIpc) is 3.22. The average molecular weight is 367 g/mol. The van der Waals surface area contributed by atoms with Crippen molar-refractivity contribution >= 4 is 17.4 Å². The second-order valence-corrected chi connectivity index (χ2v) is 6.86. The number of ketones is 1. The molecule has 6 heteroatoms. The van der Waals surface area contributed by atoms with E-state index in [4.69, 9.17) is 9.47 Å². The van der Waals surface area contributed by atoms with Crippen molar-refractivity contribution in [3.8, 4) is 11.5 Å². The van der Waals surface area contributed by atoms with Crippen molar-refractivity contribution in [2.45, 2.75) is 31.8 Å². The van der Waals surface area contributed by atoms with Crippen molar-refractivity contribution in [3.05, 3.63) is 53.6 Å². The molecule has 2 heterocycles. The number of nitrogens with zero attached hydrogens (tertiary/aromatic N) is 1. The van der Waals surface area contributed by atoms with Crippen molar-refractivity contribution in [2.75, 3.05) is 18.2 Å². The number of hydrogen-bond donors (Lipinski definition) is 1. The van der Waals surface area contributed by atoms with Crippen molar-refractivity contribution in [3.63, 3.8) is 0 Å². The normalized spacial score (nSPS) is 20.1. The lowest BCUT2D eigenvalue weighted by atomic mass is 9.88. The molecule has 2 aliphatic rings. The van der Waals surface area contributed by atoms with Gasteiger partial charge in [-0.2, -0.15) is 0 Å². The van der Waals surface area contributed by atoms with Gasteiger partial charge in [-0.05, 0) is 30.7 Å². The molecule has 0 bridgehead atoms. The highest BCUT2D eigenvalue weighted by atomic mass is 16.7. The monoisotopic (exact) mass is 367 g/mol. The molecule has 0 aromatic heterocycles. The van der Waals surface area contributed by atoms with Gasteiger partial charge in [0.05, 0.1) is 12.1 Å². The Kier molecular flexibility index (Phi) is 4.36. The van der Waals surface area contributed by atoms with Crippen LogP contribution in [-0.4, -0.2) is 30.1 Å². The number of carbonyl (C=O) groups is 2. The van der Waals surface area contributed by atoms with Gasteiger partial charge in [0.25, 0.3) is 5.91 Å². The minimum atomic E-state index is -1.85. The minimum absolute atomic E-state index is 0.120. The van der Waals surface area contributed by atoms with Gasteiger partial charge >= 0.3 is 0 Å². The quantitative estimate of drug-likeness (QED) is 0.795. The van der Waals surface area contributed by atoms with Gasteiger partial charge < -0.3 is 19.5 Å². The van der Waals surface area contributed by atoms with Crippen LogP contribution in [0.2, 0.25) is 0 Å². The van der Waals surface area contributed by atoms with Gasteiger partial charge in [0.1, 0.15) is 0 Å². The number of Topliss-reactive ketones (excluding diaryl/α,β-unsaturated/α-hetero) is 1. The number of amides is 1. The van der Waals surface area contributed by atoms with Gasteiger partial charge in [0.15, 0.2) is 22.9 Å². The number of fused-ring (bicyclic) bond motifs is 2. The molecule has 6 nitrogen and oxygen atoms in total. The van der Waals surface area contributed by atoms with Crippen LogP contribution in [0.5, 0.6) is 11.5 Å². The van der Waals surface area contributed by atoms with Gasteiger partial charge in [-0.15, -0.1) is 0 Å². The van der Waals surface area contributed by atoms with Crippen molar-refractivity contribution < 1.29 is 24.2 Å². The molecule has 1 amide bonds. The molecule has 4 rings (SSSR count). The van der Waals surface area contributed by atoms with Gasteiger partial charge in [-0.1, -0.05) is 31.5 Å². The second-order valence-electron chi connectivity index (χ2n) is 6.86. The number of anilines is 1. The van der Waals surface area contributed by atoms with E-state index in [-0.39, 0.29) is 19.0 Å². The molecule has 2 aromatic carbocycles. The molecule has 140 valence electrons. The fraction of sp³-hybridized carbons (Fsp3) is 0.333. The molecule has 0 radical (unpaired) electrons. The molecule has 0 saturated heterocycles. The highest BCUT2D eigenvalue weighted by Crippen LogP contribution is 2.43. The van der Waals surface area contributed by atoms with Crippen LogP contribution >= 0.6 is 0 Å². The van der Waals surface area contributed by atoms with E-state index >= 15 is 0 Å². The zero-order valence-electron chi connectivity index (χ0n) is 15.1. The zero-order chi connectivity index (χ0) is 19.0. The fourth-order valence-corrected chi connectivity index (χ4v) is 3.62. The topological polar surface area (TPSA) is 76.1 Å². The number of rotatable bonds is 6. The molecule has 1 N–H and O–H groups in total. The highest BCUT2D eigenvalue weighted by molar-refractivity contribution is 6.10. The first-order valence-corrected chi connectivity index (χ1v) is 9.11. The summed E-state index contributed by atoms with van der Waals surface area (Å²) in [6.07, 6.45) is 1.44. The lowest BCUT2D eigenvalue weighted by Gasteiger charge is -2.22. The standard InChI is InChI=1S/C21H21NO5/c1-2-3-10-22-16-7-5-4-6-15(16)21(25,20(22)24)12-17(23)14-8-9-18-19(11-14)27-13-26-18/h4-9,11,25H,2-3,10,12-13H2,1H3/t21-/m1/s1. The lowest BCUT2D eigenvalue weighted by Crippen LogP contribution is -2.42. The van der Waals surface area contributed by atoms with Crippen LogP contribution in [0, 0.1) is 0 Å². The smallest absolute Gasteiger partial charge is 0.264 e. The summed E-state index contributed by atoms with van der Waals surface area (Å²) < 4.78 is 10.6. The predicted molar refractivity (Wildman–Crippen MR) is 99.1 cm³/mol. The Hall–Kier alpha value is -2.86. The highest BCUT2D eigenvalue weighted by Gasteiger charge is 2.50. The summed E-state index contributed by atoms with van der Waals surface area (Å²) in [7, 11) is 0. The molecule has 0 aliphatic carbocycles. The Morgan fingerprint density at radius 1 is 1.19 bits per heavy atom. The van der Waals surface area contributed by atoms with Gasteiger partial charge in [0.2, 0.25) is 6.79 Å². The van der Waals surface area contributed by atoms with E-state index in [1.54, 1.807) is 35.2 Å². The molecule has 27 heavy (non-hydrogen) atoms. The fourth-order valence-electron chi connectivity index (χ4n) is 3.62. The first kappa shape index (κ1) is 17.5. The third kappa shape index (κ3) is 2.86. The number of hydrogen-bond acceptors (Lipinski definition) is 5. The van der Waals surface area contributed by atoms with Crippen LogP contribution in [-0.2, 0) is 10.4 Å². The van der Waals surface area contributed by atoms with Crippen molar-refractivity contribution in [2.24, 2.45) is 0 Å². The van der Waals surface area contributed by atoms with E-state index in [9.17, 15) is 14.7 Å². The van der Waals surface area contributed by atoms with E-state index in [2.05, 4.69) is 0 Å². The summed E-state index contributed by atoms with van der Waals surface area (Å²) in [5, 5.41) is 11.2. The van der Waals surface area contributed by atoms with E-state index < -0.39 is 11.5 Å². The summed E-state index contributed by atoms with van der Waals surface area (Å²) >= 11 is 0. The van der Waals surface area contributed by atoms with Crippen molar-refractivity contribution in [1.82, 2.24) is 0 Å². The van der Waals surface area contributed by atoms with Gasteiger partial charge in [-0.25, -0.2) is 0 Å². The Bertz CT molecular complexity index is 909. The number of para-hydroxylation sites is 1. The molecular formula is C21H21NO5. The Balaban J connectivity index is 1.64. The predicted octanol–water partition coefficient (Wildman–Crippen LogP) is 3.02. The molecule has 0 spiro atoms. The Morgan fingerprint density at radius 3 is 2.78 bits per heavy atom. The van der Waals surface area contributed by atoms with Crippen LogP contribution < -0.4 is 14.4 Å². The number of unbranched alkanes of at least 4 members (excludes halogenated alkanes) is 1. The van der Waals surface area contributed by atoms with Gasteiger partial charge in [-0.3, -0.25) is 9.59 Å². The third-order valence-electron chi connectivity index (χ3n) is 5.09. The number of carbonyl (C=O) groups excluding carboxylic acids is 2. The van der Waals surface area contributed by atoms with E-state index in [1.807, 2.05) is 19.1 Å².